The molecule has 0 fully saturated rings. The van der Waals surface area contributed by atoms with Gasteiger partial charge in [-0.2, -0.15) is 11.8 Å². The lowest BCUT2D eigenvalue weighted by molar-refractivity contribution is 1.05. The number of aromatic nitrogens is 2. The number of rotatable bonds is 3. The van der Waals surface area contributed by atoms with E-state index in [2.05, 4.69) is 12.2 Å². The van der Waals surface area contributed by atoms with E-state index in [1.165, 1.54) is 5.56 Å². The van der Waals surface area contributed by atoms with E-state index in [9.17, 15) is 0 Å². The van der Waals surface area contributed by atoms with Crippen molar-refractivity contribution in [2.75, 3.05) is 11.9 Å². The van der Waals surface area contributed by atoms with Crippen molar-refractivity contribution in [3.63, 3.8) is 0 Å². The van der Waals surface area contributed by atoms with Crippen LogP contribution >= 0.6 is 23.4 Å². The van der Waals surface area contributed by atoms with Crippen LogP contribution < -0.4 is 5.32 Å². The Morgan fingerprint density at radius 1 is 1.30 bits per heavy atom. The summed E-state index contributed by atoms with van der Waals surface area (Å²) in [6, 6.07) is 5.84. The summed E-state index contributed by atoms with van der Waals surface area (Å²) in [6.45, 7) is 5.00. The SMILES string of the molecule is CCNc1nc(-c2ccc(Cl)cc2C)nc2c1CSC2. The van der Waals surface area contributed by atoms with Crippen molar-refractivity contribution in [3.05, 3.63) is 40.0 Å². The predicted octanol–water partition coefficient (Wildman–Crippen LogP) is 4.28. The second kappa shape index (κ2) is 5.62. The second-order valence-corrected chi connectivity index (χ2v) is 6.23. The van der Waals surface area contributed by atoms with Crippen LogP contribution in [0.3, 0.4) is 0 Å². The fourth-order valence-electron chi connectivity index (χ4n) is 2.36. The smallest absolute Gasteiger partial charge is 0.162 e. The van der Waals surface area contributed by atoms with Crippen LogP contribution in [0.5, 0.6) is 0 Å². The maximum atomic E-state index is 6.02. The molecule has 0 saturated carbocycles. The van der Waals surface area contributed by atoms with Gasteiger partial charge in [-0.15, -0.1) is 0 Å². The maximum Gasteiger partial charge on any atom is 0.162 e. The number of hydrogen-bond donors (Lipinski definition) is 1. The van der Waals surface area contributed by atoms with E-state index in [0.717, 1.165) is 51.5 Å². The molecule has 0 radical (unpaired) electrons. The van der Waals surface area contributed by atoms with E-state index in [1.54, 1.807) is 0 Å². The molecule has 1 aliphatic rings. The Hall–Kier alpha value is -1.26. The number of nitrogens with zero attached hydrogens (tertiary/aromatic N) is 2. The molecular weight excluding hydrogens is 290 g/mol. The number of halogens is 1. The van der Waals surface area contributed by atoms with E-state index >= 15 is 0 Å². The Balaban J connectivity index is 2.12. The molecule has 3 rings (SSSR count). The molecule has 5 heteroatoms. The van der Waals surface area contributed by atoms with Gasteiger partial charge in [-0.1, -0.05) is 11.6 Å². The lowest BCUT2D eigenvalue weighted by atomic mass is 10.1. The van der Waals surface area contributed by atoms with Gasteiger partial charge in [0.1, 0.15) is 5.82 Å². The van der Waals surface area contributed by atoms with Crippen molar-refractivity contribution >= 4 is 29.2 Å². The first-order valence-corrected chi connectivity index (χ1v) is 8.20. The lowest BCUT2D eigenvalue weighted by Gasteiger charge is -2.12. The summed E-state index contributed by atoms with van der Waals surface area (Å²) < 4.78 is 0. The van der Waals surface area contributed by atoms with Gasteiger partial charge in [0.25, 0.3) is 0 Å². The zero-order valence-electron chi connectivity index (χ0n) is 11.5. The quantitative estimate of drug-likeness (QED) is 0.918. The Morgan fingerprint density at radius 3 is 2.90 bits per heavy atom. The van der Waals surface area contributed by atoms with Crippen LogP contribution in [-0.4, -0.2) is 16.5 Å². The monoisotopic (exact) mass is 305 g/mol. The number of aryl methyl sites for hydroxylation is 1. The van der Waals surface area contributed by atoms with Crippen LogP contribution in [-0.2, 0) is 11.5 Å². The highest BCUT2D eigenvalue weighted by atomic mass is 35.5. The molecule has 0 atom stereocenters. The third kappa shape index (κ3) is 2.50. The van der Waals surface area contributed by atoms with Crippen molar-refractivity contribution < 1.29 is 0 Å². The normalized spacial score (nSPS) is 13.3. The van der Waals surface area contributed by atoms with Crippen LogP contribution in [0.25, 0.3) is 11.4 Å². The molecule has 104 valence electrons. The largest absolute Gasteiger partial charge is 0.370 e. The lowest BCUT2D eigenvalue weighted by Crippen LogP contribution is -2.07. The van der Waals surface area contributed by atoms with Crippen molar-refractivity contribution in [3.8, 4) is 11.4 Å². The van der Waals surface area contributed by atoms with Gasteiger partial charge in [0.2, 0.25) is 0 Å². The van der Waals surface area contributed by atoms with E-state index in [1.807, 2.05) is 36.9 Å². The molecule has 0 unspecified atom stereocenters. The van der Waals surface area contributed by atoms with Crippen molar-refractivity contribution in [1.82, 2.24) is 9.97 Å². The summed E-state index contributed by atoms with van der Waals surface area (Å²) in [7, 11) is 0. The Kier molecular flexibility index (Phi) is 3.85. The highest BCUT2D eigenvalue weighted by Crippen LogP contribution is 2.35. The summed E-state index contributed by atoms with van der Waals surface area (Å²) in [5, 5.41) is 4.10. The van der Waals surface area contributed by atoms with E-state index in [-0.39, 0.29) is 0 Å². The molecular formula is C15H16ClN3S. The summed E-state index contributed by atoms with van der Waals surface area (Å²) in [5.74, 6) is 3.73. The van der Waals surface area contributed by atoms with Crippen molar-refractivity contribution in [2.24, 2.45) is 0 Å². The van der Waals surface area contributed by atoms with Crippen LogP contribution in [0.4, 0.5) is 5.82 Å². The zero-order chi connectivity index (χ0) is 14.1. The predicted molar refractivity (Wildman–Crippen MR) is 86.4 cm³/mol. The number of thioether (sulfide) groups is 1. The van der Waals surface area contributed by atoms with E-state index in [4.69, 9.17) is 21.6 Å². The fourth-order valence-corrected chi connectivity index (χ4v) is 3.63. The third-order valence-electron chi connectivity index (χ3n) is 3.35. The number of fused-ring (bicyclic) bond motifs is 1. The van der Waals surface area contributed by atoms with Crippen molar-refractivity contribution in [1.29, 1.82) is 0 Å². The zero-order valence-corrected chi connectivity index (χ0v) is 13.1. The summed E-state index contributed by atoms with van der Waals surface area (Å²) in [5.41, 5.74) is 4.57. The second-order valence-electron chi connectivity index (χ2n) is 4.80. The van der Waals surface area contributed by atoms with Gasteiger partial charge in [-0.05, 0) is 37.6 Å². The molecule has 0 amide bonds. The van der Waals surface area contributed by atoms with Gasteiger partial charge in [-0.25, -0.2) is 9.97 Å². The van der Waals surface area contributed by atoms with Gasteiger partial charge in [0, 0.05) is 34.2 Å². The minimum atomic E-state index is 0.745. The molecule has 0 saturated heterocycles. The summed E-state index contributed by atoms with van der Waals surface area (Å²) >= 11 is 7.91. The highest BCUT2D eigenvalue weighted by molar-refractivity contribution is 7.98. The molecule has 2 aromatic rings. The maximum absolute atomic E-state index is 6.02. The van der Waals surface area contributed by atoms with E-state index < -0.39 is 0 Å². The standard InChI is InChI=1S/C15H16ClN3S/c1-3-17-14-12-7-20-8-13(12)18-15(19-14)11-5-4-10(16)6-9(11)2/h4-6H,3,7-8H2,1-2H3,(H,17,18,19). The van der Waals surface area contributed by atoms with Crippen LogP contribution in [0.1, 0.15) is 23.7 Å². The molecule has 20 heavy (non-hydrogen) atoms. The fraction of sp³-hybridized carbons (Fsp3) is 0.333. The van der Waals surface area contributed by atoms with Gasteiger partial charge >= 0.3 is 0 Å². The Morgan fingerprint density at radius 2 is 2.15 bits per heavy atom. The molecule has 2 heterocycles. The number of hydrogen-bond acceptors (Lipinski definition) is 4. The van der Waals surface area contributed by atoms with Gasteiger partial charge < -0.3 is 5.32 Å². The molecule has 1 aromatic heterocycles. The van der Waals surface area contributed by atoms with Crippen LogP contribution in [0.2, 0.25) is 5.02 Å². The first-order chi connectivity index (χ1) is 9.69. The number of benzene rings is 1. The molecule has 1 N–H and O–H groups in total. The first kappa shape index (κ1) is 13.7. The minimum Gasteiger partial charge on any atom is -0.370 e. The molecule has 0 spiro atoms. The number of nitrogens with one attached hydrogen (secondary N) is 1. The minimum absolute atomic E-state index is 0.745. The average molecular weight is 306 g/mol. The molecule has 0 bridgehead atoms. The summed E-state index contributed by atoms with van der Waals surface area (Å²) in [6.07, 6.45) is 0. The van der Waals surface area contributed by atoms with Crippen molar-refractivity contribution in [2.45, 2.75) is 25.4 Å². The third-order valence-corrected chi connectivity index (χ3v) is 4.56. The summed E-state index contributed by atoms with van der Waals surface area (Å²) in [4.78, 5) is 9.46. The Bertz CT molecular complexity index is 658. The topological polar surface area (TPSA) is 37.8 Å². The number of anilines is 1. The highest BCUT2D eigenvalue weighted by Gasteiger charge is 2.20. The first-order valence-electron chi connectivity index (χ1n) is 6.67. The molecule has 0 aliphatic carbocycles. The molecule has 1 aromatic carbocycles. The van der Waals surface area contributed by atoms with Crippen LogP contribution in [0.15, 0.2) is 18.2 Å². The molecule has 1 aliphatic heterocycles. The van der Waals surface area contributed by atoms with E-state index in [0.29, 0.717) is 0 Å². The molecule has 3 nitrogen and oxygen atoms in total. The van der Waals surface area contributed by atoms with Gasteiger partial charge in [-0.3, -0.25) is 0 Å². The van der Waals surface area contributed by atoms with Gasteiger partial charge in [0.05, 0.1) is 5.69 Å². The average Bonchev–Trinajstić information content (AvgIpc) is 2.87. The Labute approximate surface area is 128 Å². The van der Waals surface area contributed by atoms with Gasteiger partial charge in [0.15, 0.2) is 5.82 Å². The van der Waals surface area contributed by atoms with Crippen LogP contribution in [0, 0.1) is 6.92 Å².